The Kier molecular flexibility index (Phi) is 4.53. The molecule has 0 heterocycles. The van der Waals surface area contributed by atoms with Gasteiger partial charge in [-0.3, -0.25) is 4.79 Å². The molecule has 2 saturated carbocycles. The van der Waals surface area contributed by atoms with E-state index in [1.165, 1.54) is 12.7 Å². The molecule has 24 heavy (non-hydrogen) atoms. The summed E-state index contributed by atoms with van der Waals surface area (Å²) >= 11 is 0. The highest BCUT2D eigenvalue weighted by atomic mass is 16.5. The highest BCUT2D eigenvalue weighted by Crippen LogP contribution is 2.53. The van der Waals surface area contributed by atoms with Crippen molar-refractivity contribution in [1.82, 2.24) is 0 Å². The summed E-state index contributed by atoms with van der Waals surface area (Å²) in [5, 5.41) is 9.31. The molecule has 124 valence electrons. The van der Waals surface area contributed by atoms with Crippen molar-refractivity contribution in [2.75, 3.05) is 7.11 Å². The number of ether oxygens (including phenoxy) is 1. The minimum Gasteiger partial charge on any atom is -0.465 e. The molecule has 4 heteroatoms. The van der Waals surface area contributed by atoms with Crippen molar-refractivity contribution in [3.8, 4) is 6.07 Å². The van der Waals surface area contributed by atoms with Crippen LogP contribution in [0.3, 0.4) is 0 Å². The number of benzene rings is 1. The van der Waals surface area contributed by atoms with E-state index >= 15 is 0 Å². The van der Waals surface area contributed by atoms with Gasteiger partial charge in [-0.1, -0.05) is 30.3 Å². The molecule has 1 aromatic carbocycles. The van der Waals surface area contributed by atoms with E-state index < -0.39 is 11.4 Å². The lowest BCUT2D eigenvalue weighted by Gasteiger charge is -2.34. The fourth-order valence-electron chi connectivity index (χ4n) is 4.28. The van der Waals surface area contributed by atoms with Crippen LogP contribution in [0.4, 0.5) is 0 Å². The van der Waals surface area contributed by atoms with E-state index in [0.717, 1.165) is 24.8 Å². The molecule has 4 nitrogen and oxygen atoms in total. The third-order valence-electron chi connectivity index (χ3n) is 5.47. The molecule has 2 aliphatic carbocycles. The minimum absolute atomic E-state index is 0.0903. The maximum atomic E-state index is 12.8. The Bertz CT molecular complexity index is 729. The van der Waals surface area contributed by atoms with Gasteiger partial charge in [0.1, 0.15) is 17.4 Å². The van der Waals surface area contributed by atoms with Crippen LogP contribution >= 0.6 is 0 Å². The largest absolute Gasteiger partial charge is 0.465 e. The normalized spacial score (nSPS) is 28.5. The first-order chi connectivity index (χ1) is 11.6. The second-order valence-corrected chi connectivity index (χ2v) is 6.83. The van der Waals surface area contributed by atoms with Crippen molar-refractivity contribution in [2.45, 2.75) is 44.4 Å². The average molecular weight is 323 g/mol. The van der Waals surface area contributed by atoms with E-state index in [9.17, 15) is 14.9 Å². The van der Waals surface area contributed by atoms with Crippen LogP contribution in [0, 0.1) is 16.7 Å². The summed E-state index contributed by atoms with van der Waals surface area (Å²) in [5.74, 6) is -0.0768. The molecule has 2 aliphatic rings. The van der Waals surface area contributed by atoms with Crippen LogP contribution in [0.15, 0.2) is 41.5 Å². The number of ketones is 1. The van der Waals surface area contributed by atoms with E-state index in [1.54, 1.807) is 0 Å². The number of hydrogen-bond acceptors (Lipinski definition) is 4. The zero-order valence-electron chi connectivity index (χ0n) is 13.9. The molecular weight excluding hydrogens is 302 g/mol. The fraction of sp³-hybridized carbons (Fsp3) is 0.450. The summed E-state index contributed by atoms with van der Waals surface area (Å²) in [7, 11) is 1.28. The van der Waals surface area contributed by atoms with Crippen LogP contribution in [0.25, 0.3) is 0 Å². The van der Waals surface area contributed by atoms with E-state index in [1.807, 2.05) is 24.3 Å². The molecule has 0 aromatic heterocycles. The molecule has 0 amide bonds. The molecule has 1 spiro atoms. The number of hydrogen-bond donors (Lipinski definition) is 0. The lowest BCUT2D eigenvalue weighted by Crippen LogP contribution is -2.30. The molecule has 1 aromatic rings. The van der Waals surface area contributed by atoms with Gasteiger partial charge in [-0.15, -0.1) is 0 Å². The Labute approximate surface area is 142 Å². The van der Waals surface area contributed by atoms with Gasteiger partial charge in [0.2, 0.25) is 0 Å². The van der Waals surface area contributed by atoms with Crippen LogP contribution in [0.2, 0.25) is 0 Å². The minimum atomic E-state index is -0.588. The molecule has 0 saturated heterocycles. The molecule has 0 radical (unpaired) electrons. The Morgan fingerprint density at radius 3 is 2.75 bits per heavy atom. The second-order valence-electron chi connectivity index (χ2n) is 6.83. The van der Waals surface area contributed by atoms with Gasteiger partial charge in [0.05, 0.1) is 7.11 Å². The average Bonchev–Trinajstić information content (AvgIpc) is 2.92. The lowest BCUT2D eigenvalue weighted by molar-refractivity contribution is -0.136. The van der Waals surface area contributed by atoms with Gasteiger partial charge in [-0.2, -0.15) is 5.26 Å². The van der Waals surface area contributed by atoms with Crippen molar-refractivity contribution in [2.24, 2.45) is 5.41 Å². The van der Waals surface area contributed by atoms with E-state index in [4.69, 9.17) is 4.74 Å². The van der Waals surface area contributed by atoms with Crippen LogP contribution in [0.1, 0.15) is 50.0 Å². The smallest absolute Gasteiger partial charge is 0.348 e. The van der Waals surface area contributed by atoms with Gasteiger partial charge >= 0.3 is 5.97 Å². The summed E-state index contributed by atoms with van der Waals surface area (Å²) < 4.78 is 4.72. The van der Waals surface area contributed by atoms with Crippen molar-refractivity contribution >= 4 is 11.8 Å². The third-order valence-corrected chi connectivity index (χ3v) is 5.47. The highest BCUT2D eigenvalue weighted by molar-refractivity contribution is 5.94. The van der Waals surface area contributed by atoms with Crippen LogP contribution in [-0.2, 0) is 14.3 Å². The van der Waals surface area contributed by atoms with Crippen molar-refractivity contribution in [3.05, 3.63) is 47.0 Å². The zero-order valence-corrected chi connectivity index (χ0v) is 13.9. The van der Waals surface area contributed by atoms with Crippen LogP contribution in [0.5, 0.6) is 0 Å². The standard InChI is InChI=1S/C20H21NO3/c1-24-19(23)17(13-21)15-8-5-9-20(11-15)12-16(10-18(20)22)14-6-3-2-4-7-14/h2-4,6-7,16H,5,8-12H2,1H3/b17-15+/t16-,20+/m1/s1. The summed E-state index contributed by atoms with van der Waals surface area (Å²) in [5.41, 5.74) is 1.67. The van der Waals surface area contributed by atoms with E-state index in [0.29, 0.717) is 19.3 Å². The predicted molar refractivity (Wildman–Crippen MR) is 89.0 cm³/mol. The Hall–Kier alpha value is -2.41. The lowest BCUT2D eigenvalue weighted by atomic mass is 9.69. The quantitative estimate of drug-likeness (QED) is 0.473. The molecule has 0 bridgehead atoms. The molecule has 0 N–H and O–H groups in total. The molecular formula is C20H21NO3. The van der Waals surface area contributed by atoms with Crippen LogP contribution in [-0.4, -0.2) is 18.9 Å². The van der Waals surface area contributed by atoms with Crippen LogP contribution < -0.4 is 0 Å². The number of carbonyl (C=O) groups is 2. The Morgan fingerprint density at radius 2 is 2.08 bits per heavy atom. The van der Waals surface area contributed by atoms with Gasteiger partial charge in [0, 0.05) is 11.8 Å². The topological polar surface area (TPSA) is 67.2 Å². The Balaban J connectivity index is 1.88. The summed E-state index contributed by atoms with van der Waals surface area (Å²) in [6.45, 7) is 0. The molecule has 2 fully saturated rings. The SMILES string of the molecule is COC(=O)/C(C#N)=C1\CCC[C@]2(C1)C[C@H](c1ccccc1)CC2=O. The van der Waals surface area contributed by atoms with E-state index in [2.05, 4.69) is 12.1 Å². The number of esters is 1. The number of nitrogens with zero attached hydrogens (tertiary/aromatic N) is 1. The Morgan fingerprint density at radius 1 is 1.33 bits per heavy atom. The van der Waals surface area contributed by atoms with Crippen molar-refractivity contribution in [3.63, 3.8) is 0 Å². The summed E-state index contributed by atoms with van der Waals surface area (Å²) in [4.78, 5) is 24.6. The zero-order chi connectivity index (χ0) is 17.2. The van der Waals surface area contributed by atoms with Gasteiger partial charge < -0.3 is 4.74 Å². The summed E-state index contributed by atoms with van der Waals surface area (Å²) in [6.07, 6.45) is 4.26. The summed E-state index contributed by atoms with van der Waals surface area (Å²) in [6, 6.07) is 12.1. The maximum Gasteiger partial charge on any atom is 0.348 e. The number of Topliss-reactive ketones (excluding diaryl/α,β-unsaturated/α-hetero) is 1. The van der Waals surface area contributed by atoms with Crippen molar-refractivity contribution in [1.29, 1.82) is 5.26 Å². The third kappa shape index (κ3) is 2.87. The first-order valence-corrected chi connectivity index (χ1v) is 8.38. The molecule has 3 rings (SSSR count). The first-order valence-electron chi connectivity index (χ1n) is 8.38. The number of nitriles is 1. The number of allylic oxidation sites excluding steroid dienone is 1. The number of methoxy groups -OCH3 is 1. The monoisotopic (exact) mass is 323 g/mol. The predicted octanol–water partition coefficient (Wildman–Crippen LogP) is 3.69. The van der Waals surface area contributed by atoms with Gasteiger partial charge in [0.15, 0.2) is 0 Å². The van der Waals surface area contributed by atoms with Gasteiger partial charge in [-0.05, 0) is 49.2 Å². The number of rotatable bonds is 2. The van der Waals surface area contributed by atoms with Crippen molar-refractivity contribution < 1.29 is 14.3 Å². The van der Waals surface area contributed by atoms with Gasteiger partial charge in [-0.25, -0.2) is 4.79 Å². The second kappa shape index (κ2) is 6.60. The maximum absolute atomic E-state index is 12.8. The van der Waals surface area contributed by atoms with E-state index in [-0.39, 0.29) is 17.3 Å². The van der Waals surface area contributed by atoms with Gasteiger partial charge in [0.25, 0.3) is 0 Å². The highest BCUT2D eigenvalue weighted by Gasteiger charge is 2.48. The first kappa shape index (κ1) is 16.4. The fourth-order valence-corrected chi connectivity index (χ4v) is 4.28. The molecule has 0 aliphatic heterocycles. The molecule has 0 unspecified atom stereocenters. The molecule has 2 atom stereocenters. The number of carbonyl (C=O) groups excluding carboxylic acids is 2.